The van der Waals surface area contributed by atoms with Gasteiger partial charge in [-0.15, -0.1) is 0 Å². The maximum Gasteiger partial charge on any atom is 0.152 e. The Morgan fingerprint density at radius 1 is 1.14 bits per heavy atom. The summed E-state index contributed by atoms with van der Waals surface area (Å²) in [4.78, 5) is 12.0. The van der Waals surface area contributed by atoms with E-state index >= 15 is 0 Å². The summed E-state index contributed by atoms with van der Waals surface area (Å²) in [7, 11) is 0. The first-order valence-electron chi connectivity index (χ1n) is 8.60. The molecular formula is C17H27N3O. The molecule has 3 rings (SSSR count). The smallest absolute Gasteiger partial charge is 0.152 e. The van der Waals surface area contributed by atoms with Gasteiger partial charge in [0.2, 0.25) is 0 Å². The van der Waals surface area contributed by atoms with Crippen LogP contribution in [-0.4, -0.2) is 28.2 Å². The highest BCUT2D eigenvalue weighted by Crippen LogP contribution is 2.27. The Kier molecular flexibility index (Phi) is 5.07. The van der Waals surface area contributed by atoms with Gasteiger partial charge < -0.3 is 5.32 Å². The first-order chi connectivity index (χ1) is 10.3. The number of hydrogen-bond donors (Lipinski definition) is 1. The molecule has 0 spiro atoms. The summed E-state index contributed by atoms with van der Waals surface area (Å²) in [5.41, 5.74) is 0.929. The number of carbonyl (C=O) groups is 1. The van der Waals surface area contributed by atoms with Crippen molar-refractivity contribution < 1.29 is 4.79 Å². The molecule has 0 radical (unpaired) electrons. The maximum absolute atomic E-state index is 12.0. The van der Waals surface area contributed by atoms with Crippen molar-refractivity contribution in [1.29, 1.82) is 0 Å². The van der Waals surface area contributed by atoms with Crippen LogP contribution in [0.4, 0.5) is 0 Å². The van der Waals surface area contributed by atoms with Crippen LogP contribution in [0, 0.1) is 0 Å². The second-order valence-electron chi connectivity index (χ2n) is 6.66. The molecule has 1 heterocycles. The van der Waals surface area contributed by atoms with Crippen molar-refractivity contribution in [1.82, 2.24) is 15.1 Å². The van der Waals surface area contributed by atoms with Crippen LogP contribution in [-0.2, 0) is 11.2 Å². The number of nitrogens with one attached hydrogen (secondary N) is 1. The van der Waals surface area contributed by atoms with Gasteiger partial charge in [0.1, 0.15) is 0 Å². The van der Waals surface area contributed by atoms with Crippen molar-refractivity contribution in [3.05, 3.63) is 18.0 Å². The molecule has 2 aliphatic carbocycles. The molecule has 0 atom stereocenters. The molecule has 0 aromatic carbocycles. The highest BCUT2D eigenvalue weighted by Gasteiger charge is 2.18. The minimum atomic E-state index is 0.260. The summed E-state index contributed by atoms with van der Waals surface area (Å²) in [5.74, 6) is 0.260. The largest absolute Gasteiger partial charge is 0.307 e. The summed E-state index contributed by atoms with van der Waals surface area (Å²) in [6.07, 6.45) is 14.0. The molecule has 0 saturated heterocycles. The zero-order valence-electron chi connectivity index (χ0n) is 12.9. The first kappa shape index (κ1) is 14.8. The van der Waals surface area contributed by atoms with E-state index in [2.05, 4.69) is 21.3 Å². The lowest BCUT2D eigenvalue weighted by Crippen LogP contribution is -2.32. The third-order valence-electron chi connectivity index (χ3n) is 4.93. The summed E-state index contributed by atoms with van der Waals surface area (Å²) in [6, 6.07) is 3.13. The van der Waals surface area contributed by atoms with E-state index in [4.69, 9.17) is 0 Å². The number of aromatic nitrogens is 2. The van der Waals surface area contributed by atoms with Crippen molar-refractivity contribution in [3.63, 3.8) is 0 Å². The Balaban J connectivity index is 1.45. The quantitative estimate of drug-likeness (QED) is 0.875. The molecule has 2 fully saturated rings. The topological polar surface area (TPSA) is 46.9 Å². The molecule has 4 heteroatoms. The fourth-order valence-electron chi connectivity index (χ4n) is 3.67. The van der Waals surface area contributed by atoms with Crippen LogP contribution in [0.3, 0.4) is 0 Å². The van der Waals surface area contributed by atoms with Crippen molar-refractivity contribution in [2.75, 3.05) is 6.54 Å². The molecule has 0 bridgehead atoms. The fourth-order valence-corrected chi connectivity index (χ4v) is 3.67. The Hall–Kier alpha value is -1.16. The van der Waals surface area contributed by atoms with Crippen LogP contribution >= 0.6 is 0 Å². The molecule has 0 amide bonds. The van der Waals surface area contributed by atoms with Crippen molar-refractivity contribution in [2.24, 2.45) is 0 Å². The van der Waals surface area contributed by atoms with Gasteiger partial charge in [0.05, 0.1) is 24.7 Å². The van der Waals surface area contributed by atoms with Gasteiger partial charge in [0, 0.05) is 12.2 Å². The zero-order chi connectivity index (χ0) is 14.5. The average Bonchev–Trinajstić information content (AvgIpc) is 3.17. The zero-order valence-corrected chi connectivity index (χ0v) is 12.9. The first-order valence-corrected chi connectivity index (χ1v) is 8.60. The van der Waals surface area contributed by atoms with E-state index in [-0.39, 0.29) is 5.78 Å². The third kappa shape index (κ3) is 4.16. The van der Waals surface area contributed by atoms with E-state index in [0.717, 1.165) is 5.69 Å². The number of nitrogens with zero attached hydrogens (tertiary/aromatic N) is 2. The van der Waals surface area contributed by atoms with Crippen LogP contribution in [0.25, 0.3) is 0 Å². The molecule has 4 nitrogen and oxygen atoms in total. The lowest BCUT2D eigenvalue weighted by atomic mass is 9.96. The SMILES string of the molecule is O=C(CNC1CCCC1)Cc1ccn(C2CCCCC2)n1. The minimum Gasteiger partial charge on any atom is -0.307 e. The lowest BCUT2D eigenvalue weighted by molar-refractivity contribution is -0.117. The summed E-state index contributed by atoms with van der Waals surface area (Å²) in [6.45, 7) is 0.501. The normalized spacial score (nSPS) is 21.0. The van der Waals surface area contributed by atoms with Crippen LogP contribution in [0.15, 0.2) is 12.3 Å². The van der Waals surface area contributed by atoms with E-state index < -0.39 is 0 Å². The van der Waals surface area contributed by atoms with E-state index in [0.29, 0.717) is 25.0 Å². The predicted octanol–water partition coefficient (Wildman–Crippen LogP) is 3.03. The number of carbonyl (C=O) groups excluding carboxylic acids is 1. The highest BCUT2D eigenvalue weighted by atomic mass is 16.1. The van der Waals surface area contributed by atoms with Crippen LogP contribution in [0.2, 0.25) is 0 Å². The number of hydrogen-bond acceptors (Lipinski definition) is 3. The summed E-state index contributed by atoms with van der Waals surface area (Å²) >= 11 is 0. The third-order valence-corrected chi connectivity index (χ3v) is 4.93. The van der Waals surface area contributed by atoms with Crippen LogP contribution < -0.4 is 5.32 Å². The Morgan fingerprint density at radius 2 is 1.86 bits per heavy atom. The van der Waals surface area contributed by atoms with E-state index in [9.17, 15) is 4.79 Å². The molecule has 0 unspecified atom stereocenters. The maximum atomic E-state index is 12.0. The Labute approximate surface area is 127 Å². The average molecular weight is 289 g/mol. The molecular weight excluding hydrogens is 262 g/mol. The van der Waals surface area contributed by atoms with Gasteiger partial charge in [0.15, 0.2) is 5.78 Å². The Bertz CT molecular complexity index is 456. The molecule has 1 aromatic heterocycles. The molecule has 1 N–H and O–H groups in total. The summed E-state index contributed by atoms with van der Waals surface area (Å²) < 4.78 is 2.09. The molecule has 21 heavy (non-hydrogen) atoms. The van der Waals surface area contributed by atoms with Crippen LogP contribution in [0.5, 0.6) is 0 Å². The molecule has 1 aromatic rings. The van der Waals surface area contributed by atoms with Crippen molar-refractivity contribution in [3.8, 4) is 0 Å². The van der Waals surface area contributed by atoms with Gasteiger partial charge in [-0.05, 0) is 31.7 Å². The number of rotatable bonds is 6. The second kappa shape index (κ2) is 7.21. The predicted molar refractivity (Wildman–Crippen MR) is 83.3 cm³/mol. The standard InChI is InChI=1S/C17H27N3O/c21-17(13-18-14-6-4-5-7-14)12-15-10-11-20(19-15)16-8-2-1-3-9-16/h10-11,14,16,18H,1-9,12-13H2. The highest BCUT2D eigenvalue weighted by molar-refractivity contribution is 5.82. The molecule has 116 valence electrons. The van der Waals surface area contributed by atoms with Gasteiger partial charge in [0.25, 0.3) is 0 Å². The minimum absolute atomic E-state index is 0.260. The van der Waals surface area contributed by atoms with E-state index in [1.807, 2.05) is 6.07 Å². The Morgan fingerprint density at radius 3 is 2.62 bits per heavy atom. The monoisotopic (exact) mass is 289 g/mol. The molecule has 0 aliphatic heterocycles. The summed E-state index contributed by atoms with van der Waals surface area (Å²) in [5, 5.41) is 8.01. The van der Waals surface area contributed by atoms with Crippen molar-refractivity contribution >= 4 is 5.78 Å². The molecule has 2 aliphatic rings. The number of ketones is 1. The second-order valence-corrected chi connectivity index (χ2v) is 6.66. The van der Waals surface area contributed by atoms with Gasteiger partial charge >= 0.3 is 0 Å². The van der Waals surface area contributed by atoms with Gasteiger partial charge in [-0.1, -0.05) is 32.1 Å². The number of Topliss-reactive ketones (excluding diaryl/α,β-unsaturated/α-hetero) is 1. The molecule has 2 saturated carbocycles. The van der Waals surface area contributed by atoms with Crippen molar-refractivity contribution in [2.45, 2.75) is 76.3 Å². The van der Waals surface area contributed by atoms with Crippen LogP contribution in [0.1, 0.15) is 69.5 Å². The fraction of sp³-hybridized carbons (Fsp3) is 0.765. The van der Waals surface area contributed by atoms with E-state index in [1.165, 1.54) is 57.8 Å². The van der Waals surface area contributed by atoms with Gasteiger partial charge in [-0.25, -0.2) is 0 Å². The lowest BCUT2D eigenvalue weighted by Gasteiger charge is -2.21. The van der Waals surface area contributed by atoms with Gasteiger partial charge in [-0.2, -0.15) is 5.10 Å². The van der Waals surface area contributed by atoms with Gasteiger partial charge in [-0.3, -0.25) is 9.48 Å². The van der Waals surface area contributed by atoms with E-state index in [1.54, 1.807) is 0 Å².